The lowest BCUT2D eigenvalue weighted by molar-refractivity contribution is -0.137. The summed E-state index contributed by atoms with van der Waals surface area (Å²) in [5, 5.41) is 6.50. The number of pyridine rings is 1. The number of aromatic nitrogens is 3. The van der Waals surface area contributed by atoms with E-state index in [9.17, 15) is 18.0 Å². The highest BCUT2D eigenvalue weighted by Gasteiger charge is 2.31. The highest BCUT2D eigenvalue weighted by atomic mass is 19.4. The van der Waals surface area contributed by atoms with Crippen LogP contribution in [-0.2, 0) is 6.18 Å². The highest BCUT2D eigenvalue weighted by Crippen LogP contribution is 2.36. The predicted octanol–water partition coefficient (Wildman–Crippen LogP) is 6.72. The van der Waals surface area contributed by atoms with Gasteiger partial charge in [-0.3, -0.25) is 4.79 Å². The van der Waals surface area contributed by atoms with Crippen molar-refractivity contribution in [3.63, 3.8) is 0 Å². The van der Waals surface area contributed by atoms with Crippen molar-refractivity contribution in [2.75, 3.05) is 16.4 Å². The van der Waals surface area contributed by atoms with Crippen LogP contribution in [-0.4, -0.2) is 20.9 Å². The Labute approximate surface area is 220 Å². The van der Waals surface area contributed by atoms with Gasteiger partial charge in [-0.05, 0) is 79.7 Å². The van der Waals surface area contributed by atoms with Gasteiger partial charge in [-0.25, -0.2) is 15.0 Å². The molecule has 196 valence electrons. The Morgan fingerprint density at radius 3 is 2.51 bits per heavy atom. The molecule has 0 saturated carbocycles. The standard InChI is InChI=1S/C28H21F3N6O2/c1-16-5-11-22-25(35-16)33-15-34-26(22)37-23-14-20(8-12-24(23)39-21-9-6-19(32)7-10-21)36-27(38)17-3-2-4-18(13-17)28(29,30)31/h2-15H,32H2,1H3,(H,36,38)(H,33,34,35,37). The predicted molar refractivity (Wildman–Crippen MR) is 142 cm³/mol. The Morgan fingerprint density at radius 2 is 1.74 bits per heavy atom. The number of aryl methyl sites for hydroxylation is 1. The number of ether oxygens (including phenoxy) is 1. The Morgan fingerprint density at radius 1 is 0.949 bits per heavy atom. The van der Waals surface area contributed by atoms with E-state index in [4.69, 9.17) is 10.5 Å². The number of anilines is 4. The summed E-state index contributed by atoms with van der Waals surface area (Å²) in [6.07, 6.45) is -3.20. The molecule has 0 fully saturated rings. The van der Waals surface area contributed by atoms with Crippen LogP contribution in [0.3, 0.4) is 0 Å². The van der Waals surface area contributed by atoms with Crippen LogP contribution in [0.15, 0.2) is 85.2 Å². The van der Waals surface area contributed by atoms with Crippen molar-refractivity contribution >= 4 is 39.8 Å². The van der Waals surface area contributed by atoms with Gasteiger partial charge in [0, 0.05) is 22.6 Å². The van der Waals surface area contributed by atoms with E-state index in [1.165, 1.54) is 18.5 Å². The van der Waals surface area contributed by atoms with Crippen molar-refractivity contribution < 1.29 is 22.7 Å². The van der Waals surface area contributed by atoms with Crippen LogP contribution in [0.25, 0.3) is 11.0 Å². The van der Waals surface area contributed by atoms with Crippen LogP contribution in [0, 0.1) is 6.92 Å². The number of amides is 1. The fourth-order valence-corrected chi connectivity index (χ4v) is 3.76. The van der Waals surface area contributed by atoms with Crippen molar-refractivity contribution in [1.29, 1.82) is 0 Å². The summed E-state index contributed by atoms with van der Waals surface area (Å²) in [7, 11) is 0. The van der Waals surface area contributed by atoms with Gasteiger partial charge in [0.15, 0.2) is 11.4 Å². The fraction of sp³-hybridized carbons (Fsp3) is 0.0714. The van der Waals surface area contributed by atoms with Crippen LogP contribution in [0.4, 0.5) is 36.1 Å². The highest BCUT2D eigenvalue weighted by molar-refractivity contribution is 6.04. The summed E-state index contributed by atoms with van der Waals surface area (Å²) >= 11 is 0. The zero-order valence-corrected chi connectivity index (χ0v) is 20.5. The van der Waals surface area contributed by atoms with Gasteiger partial charge in [-0.1, -0.05) is 6.07 Å². The third-order valence-electron chi connectivity index (χ3n) is 5.69. The minimum absolute atomic E-state index is 0.134. The first-order chi connectivity index (χ1) is 18.7. The number of nitrogens with one attached hydrogen (secondary N) is 2. The molecule has 11 heteroatoms. The molecule has 2 heterocycles. The number of carbonyl (C=O) groups excluding carboxylic acids is 1. The molecular formula is C28H21F3N6O2. The molecule has 0 spiro atoms. The van der Waals surface area contributed by atoms with Crippen LogP contribution < -0.4 is 21.1 Å². The molecule has 4 N–H and O–H groups in total. The topological polar surface area (TPSA) is 115 Å². The number of carbonyl (C=O) groups is 1. The summed E-state index contributed by atoms with van der Waals surface area (Å²) in [5.41, 5.74) is 7.32. The van der Waals surface area contributed by atoms with Gasteiger partial charge in [-0.2, -0.15) is 13.2 Å². The molecule has 5 aromatic rings. The second-order valence-electron chi connectivity index (χ2n) is 8.59. The first-order valence-electron chi connectivity index (χ1n) is 11.7. The van der Waals surface area contributed by atoms with Gasteiger partial charge in [0.1, 0.15) is 17.9 Å². The summed E-state index contributed by atoms with van der Waals surface area (Å²) in [5.74, 6) is 0.643. The largest absolute Gasteiger partial charge is 0.455 e. The maximum absolute atomic E-state index is 13.1. The average Bonchev–Trinajstić information content (AvgIpc) is 2.91. The van der Waals surface area contributed by atoms with Gasteiger partial charge in [-0.15, -0.1) is 0 Å². The minimum Gasteiger partial charge on any atom is -0.455 e. The van der Waals surface area contributed by atoms with Gasteiger partial charge in [0.05, 0.1) is 16.6 Å². The molecule has 0 aliphatic heterocycles. The molecule has 8 nitrogen and oxygen atoms in total. The number of fused-ring (bicyclic) bond motifs is 1. The quantitative estimate of drug-likeness (QED) is 0.209. The molecule has 1 amide bonds. The summed E-state index contributed by atoms with van der Waals surface area (Å²) in [4.78, 5) is 25.8. The van der Waals surface area contributed by atoms with Gasteiger partial charge in [0.2, 0.25) is 0 Å². The average molecular weight is 531 g/mol. The smallest absolute Gasteiger partial charge is 0.416 e. The molecular weight excluding hydrogens is 509 g/mol. The van der Waals surface area contributed by atoms with Crippen molar-refractivity contribution in [2.45, 2.75) is 13.1 Å². The van der Waals surface area contributed by atoms with E-state index in [-0.39, 0.29) is 5.56 Å². The number of nitrogen functional groups attached to an aromatic ring is 1. The summed E-state index contributed by atoms with van der Waals surface area (Å²) in [6.45, 7) is 1.85. The maximum atomic E-state index is 13.1. The Bertz CT molecular complexity index is 1670. The first kappa shape index (κ1) is 25.5. The number of hydrogen-bond donors (Lipinski definition) is 3. The van der Waals surface area contributed by atoms with E-state index in [2.05, 4.69) is 25.6 Å². The van der Waals surface area contributed by atoms with Crippen molar-refractivity contribution in [2.24, 2.45) is 0 Å². The monoisotopic (exact) mass is 530 g/mol. The number of nitrogens with zero attached hydrogens (tertiary/aromatic N) is 3. The maximum Gasteiger partial charge on any atom is 0.416 e. The molecule has 0 unspecified atom stereocenters. The second kappa shape index (κ2) is 10.3. The van der Waals surface area contributed by atoms with E-state index >= 15 is 0 Å². The van der Waals surface area contributed by atoms with Gasteiger partial charge < -0.3 is 21.1 Å². The number of hydrogen-bond acceptors (Lipinski definition) is 7. The van der Waals surface area contributed by atoms with E-state index in [1.807, 2.05) is 19.1 Å². The number of benzene rings is 3. The van der Waals surface area contributed by atoms with E-state index in [0.29, 0.717) is 45.4 Å². The third-order valence-corrected chi connectivity index (χ3v) is 5.69. The zero-order chi connectivity index (χ0) is 27.6. The molecule has 3 aromatic carbocycles. The van der Waals surface area contributed by atoms with E-state index < -0.39 is 17.6 Å². The lowest BCUT2D eigenvalue weighted by Gasteiger charge is -2.16. The van der Waals surface area contributed by atoms with E-state index in [0.717, 1.165) is 17.8 Å². The third kappa shape index (κ3) is 5.87. The number of halogens is 3. The Balaban J connectivity index is 1.49. The van der Waals surface area contributed by atoms with Crippen molar-refractivity contribution in [3.8, 4) is 11.5 Å². The molecule has 0 bridgehead atoms. The normalized spacial score (nSPS) is 11.3. The molecule has 0 aliphatic rings. The zero-order valence-electron chi connectivity index (χ0n) is 20.5. The summed E-state index contributed by atoms with van der Waals surface area (Å²) < 4.78 is 45.4. The lowest BCUT2D eigenvalue weighted by Crippen LogP contribution is -2.14. The molecule has 2 aromatic heterocycles. The Kier molecular flexibility index (Phi) is 6.72. The minimum atomic E-state index is -4.57. The van der Waals surface area contributed by atoms with Crippen molar-refractivity contribution in [1.82, 2.24) is 15.0 Å². The number of rotatable bonds is 6. The molecule has 0 saturated heterocycles. The SMILES string of the molecule is Cc1ccc2c(Nc3cc(NC(=O)c4cccc(C(F)(F)F)c4)ccc3Oc3ccc(N)cc3)ncnc2n1. The van der Waals surface area contributed by atoms with E-state index in [1.54, 1.807) is 42.5 Å². The van der Waals surface area contributed by atoms with Gasteiger partial charge >= 0.3 is 6.18 Å². The molecule has 0 radical (unpaired) electrons. The number of nitrogens with two attached hydrogens (primary N) is 1. The molecule has 5 rings (SSSR count). The summed E-state index contributed by atoms with van der Waals surface area (Å²) in [6, 6.07) is 19.4. The lowest BCUT2D eigenvalue weighted by atomic mass is 10.1. The van der Waals surface area contributed by atoms with Crippen LogP contribution in [0.2, 0.25) is 0 Å². The number of alkyl halides is 3. The van der Waals surface area contributed by atoms with Crippen LogP contribution in [0.1, 0.15) is 21.6 Å². The molecule has 0 atom stereocenters. The van der Waals surface area contributed by atoms with Gasteiger partial charge in [0.25, 0.3) is 5.91 Å². The first-order valence-corrected chi connectivity index (χ1v) is 11.7. The molecule has 0 aliphatic carbocycles. The van der Waals surface area contributed by atoms with Crippen LogP contribution in [0.5, 0.6) is 11.5 Å². The fourth-order valence-electron chi connectivity index (χ4n) is 3.76. The second-order valence-corrected chi connectivity index (χ2v) is 8.59. The molecule has 39 heavy (non-hydrogen) atoms. The Hall–Kier alpha value is -5.19. The van der Waals surface area contributed by atoms with Crippen molar-refractivity contribution in [3.05, 3.63) is 102 Å². The van der Waals surface area contributed by atoms with Crippen LogP contribution >= 0.6 is 0 Å².